The third-order valence-corrected chi connectivity index (χ3v) is 5.79. The lowest BCUT2D eigenvalue weighted by atomic mass is 9.78. The van der Waals surface area contributed by atoms with Crippen molar-refractivity contribution in [1.29, 1.82) is 0 Å². The molecule has 1 amide bonds. The summed E-state index contributed by atoms with van der Waals surface area (Å²) < 4.78 is 4.97. The van der Waals surface area contributed by atoms with E-state index in [1.807, 2.05) is 0 Å². The van der Waals surface area contributed by atoms with E-state index >= 15 is 0 Å². The number of pyridine rings is 1. The first-order chi connectivity index (χ1) is 11.7. The molecule has 3 unspecified atom stereocenters. The summed E-state index contributed by atoms with van der Waals surface area (Å²) in [6, 6.07) is 0.0808. The number of halogens is 3. The number of carbonyl (C=O) groups excluding carboxylic acids is 2. The van der Waals surface area contributed by atoms with Crippen molar-refractivity contribution in [3.63, 3.8) is 0 Å². The fourth-order valence-corrected chi connectivity index (χ4v) is 3.49. The maximum absolute atomic E-state index is 12.1. The summed E-state index contributed by atoms with van der Waals surface area (Å²) in [4.78, 5) is 27.9. The highest BCUT2D eigenvalue weighted by Gasteiger charge is 2.28. The number of anilines is 1. The molecular formula is C16H20Cl3N3O3. The summed E-state index contributed by atoms with van der Waals surface area (Å²) in [7, 11) is 0. The van der Waals surface area contributed by atoms with Gasteiger partial charge in [-0.3, -0.25) is 4.79 Å². The van der Waals surface area contributed by atoms with Gasteiger partial charge in [0.05, 0.1) is 10.7 Å². The fourth-order valence-electron chi connectivity index (χ4n) is 2.90. The van der Waals surface area contributed by atoms with Crippen LogP contribution in [0, 0.1) is 11.8 Å². The summed E-state index contributed by atoms with van der Waals surface area (Å²) in [6.07, 6.45) is 3.14. The molecule has 1 aromatic heterocycles. The molecule has 6 nitrogen and oxygen atoms in total. The van der Waals surface area contributed by atoms with Gasteiger partial charge < -0.3 is 15.8 Å². The molecule has 1 fully saturated rings. The largest absolute Gasteiger partial charge is 0.451 e. The van der Waals surface area contributed by atoms with Crippen LogP contribution in [0.25, 0.3) is 0 Å². The quantitative estimate of drug-likeness (QED) is 0.585. The van der Waals surface area contributed by atoms with Crippen LogP contribution in [-0.2, 0) is 9.53 Å². The Morgan fingerprint density at radius 3 is 2.60 bits per heavy atom. The lowest BCUT2D eigenvalue weighted by Crippen LogP contribution is -2.45. The molecule has 0 aromatic carbocycles. The zero-order valence-electron chi connectivity index (χ0n) is 13.9. The molecule has 0 saturated heterocycles. The van der Waals surface area contributed by atoms with Crippen molar-refractivity contribution >= 4 is 52.4 Å². The molecule has 25 heavy (non-hydrogen) atoms. The Hall–Kier alpha value is -1.24. The number of hydrogen-bond acceptors (Lipinski definition) is 5. The van der Waals surface area contributed by atoms with Gasteiger partial charge in [-0.2, -0.15) is 0 Å². The van der Waals surface area contributed by atoms with E-state index in [0.29, 0.717) is 11.8 Å². The molecule has 1 aromatic rings. The van der Waals surface area contributed by atoms with E-state index in [0.717, 1.165) is 19.3 Å². The minimum atomic E-state index is -0.893. The number of amides is 1. The molecule has 3 N–H and O–H groups in total. The molecule has 1 heterocycles. The van der Waals surface area contributed by atoms with Gasteiger partial charge in [0, 0.05) is 6.04 Å². The number of nitrogens with two attached hydrogens (primary N) is 1. The maximum atomic E-state index is 12.1. The zero-order chi connectivity index (χ0) is 18.7. The molecule has 0 aliphatic heterocycles. The third-order valence-electron chi connectivity index (χ3n) is 4.65. The first kappa shape index (κ1) is 20.1. The van der Waals surface area contributed by atoms with Gasteiger partial charge in [-0.15, -0.1) is 0 Å². The number of esters is 1. The lowest BCUT2D eigenvalue weighted by Gasteiger charge is -2.34. The Balaban J connectivity index is 1.95. The van der Waals surface area contributed by atoms with Crippen molar-refractivity contribution in [2.45, 2.75) is 39.2 Å². The van der Waals surface area contributed by atoms with Crippen molar-refractivity contribution in [2.75, 3.05) is 12.3 Å². The second-order valence-corrected chi connectivity index (χ2v) is 7.42. The summed E-state index contributed by atoms with van der Waals surface area (Å²) in [5, 5.41) is 2.55. The number of ether oxygens (including phenoxy) is 1. The van der Waals surface area contributed by atoms with Crippen LogP contribution < -0.4 is 11.1 Å². The topological polar surface area (TPSA) is 94.3 Å². The van der Waals surface area contributed by atoms with Gasteiger partial charge in [0.1, 0.15) is 5.02 Å². The summed E-state index contributed by atoms with van der Waals surface area (Å²) >= 11 is 17.5. The number of nitrogens with zero attached hydrogens (tertiary/aromatic N) is 1. The van der Waals surface area contributed by atoms with E-state index in [-0.39, 0.29) is 38.5 Å². The maximum Gasteiger partial charge on any atom is 0.359 e. The van der Waals surface area contributed by atoms with Gasteiger partial charge in [-0.1, -0.05) is 61.5 Å². The predicted molar refractivity (Wildman–Crippen MR) is 98.1 cm³/mol. The zero-order valence-corrected chi connectivity index (χ0v) is 16.2. The third kappa shape index (κ3) is 4.68. The smallest absolute Gasteiger partial charge is 0.359 e. The van der Waals surface area contributed by atoms with Gasteiger partial charge in [-0.05, 0) is 18.3 Å². The van der Waals surface area contributed by atoms with Gasteiger partial charge in [0.15, 0.2) is 17.5 Å². The number of carbonyl (C=O) groups is 2. The molecule has 138 valence electrons. The van der Waals surface area contributed by atoms with E-state index in [1.54, 1.807) is 0 Å². The van der Waals surface area contributed by atoms with Gasteiger partial charge in [0.25, 0.3) is 5.91 Å². The van der Waals surface area contributed by atoms with Crippen LogP contribution in [0.1, 0.15) is 43.6 Å². The molecule has 1 aliphatic rings. The SMILES string of the molecule is CC1CCCC(NC(=O)COC(=O)c2nc(Cl)c(Cl)c(N)c2Cl)C1C. The van der Waals surface area contributed by atoms with Crippen molar-refractivity contribution in [3.8, 4) is 0 Å². The Bertz CT molecular complexity index is 684. The molecule has 0 spiro atoms. The first-order valence-corrected chi connectivity index (χ1v) is 9.12. The average molecular weight is 409 g/mol. The van der Waals surface area contributed by atoms with E-state index in [2.05, 4.69) is 24.1 Å². The minimum absolute atomic E-state index is 0.0404. The minimum Gasteiger partial charge on any atom is -0.451 e. The van der Waals surface area contributed by atoms with Gasteiger partial charge >= 0.3 is 5.97 Å². The van der Waals surface area contributed by atoms with Crippen molar-refractivity contribution in [3.05, 3.63) is 20.9 Å². The Morgan fingerprint density at radius 1 is 1.24 bits per heavy atom. The van der Waals surface area contributed by atoms with E-state index < -0.39 is 12.6 Å². The van der Waals surface area contributed by atoms with Crippen LogP contribution in [0.3, 0.4) is 0 Å². The number of rotatable bonds is 4. The second kappa shape index (κ2) is 8.43. The van der Waals surface area contributed by atoms with Crippen LogP contribution in [-0.4, -0.2) is 29.5 Å². The molecule has 0 bridgehead atoms. The Kier molecular flexibility index (Phi) is 6.77. The highest BCUT2D eigenvalue weighted by molar-refractivity contribution is 6.46. The summed E-state index contributed by atoms with van der Waals surface area (Å²) in [5.41, 5.74) is 5.31. The second-order valence-electron chi connectivity index (χ2n) is 6.31. The average Bonchev–Trinajstić information content (AvgIpc) is 2.58. The van der Waals surface area contributed by atoms with Crippen LogP contribution in [0.4, 0.5) is 5.69 Å². The standard InChI is InChI=1S/C16H20Cl3N3O3/c1-7-4-3-5-9(8(7)2)21-10(23)6-25-16(24)14-11(17)13(20)12(18)15(19)22-14/h7-9H,3-6H2,1-2H3,(H2,20,22)(H,21,23). The molecule has 9 heteroatoms. The van der Waals surface area contributed by atoms with Crippen LogP contribution in [0.15, 0.2) is 0 Å². The van der Waals surface area contributed by atoms with Crippen molar-refractivity contribution in [2.24, 2.45) is 11.8 Å². The molecule has 1 aliphatic carbocycles. The van der Waals surface area contributed by atoms with E-state index in [1.165, 1.54) is 0 Å². The highest BCUT2D eigenvalue weighted by atomic mass is 35.5. The lowest BCUT2D eigenvalue weighted by molar-refractivity contribution is -0.125. The van der Waals surface area contributed by atoms with Crippen LogP contribution >= 0.6 is 34.8 Å². The first-order valence-electron chi connectivity index (χ1n) is 7.98. The van der Waals surface area contributed by atoms with Crippen molar-refractivity contribution in [1.82, 2.24) is 10.3 Å². The molecule has 1 saturated carbocycles. The Morgan fingerprint density at radius 2 is 1.92 bits per heavy atom. The number of aromatic nitrogens is 1. The van der Waals surface area contributed by atoms with Gasteiger partial charge in [0.2, 0.25) is 0 Å². The van der Waals surface area contributed by atoms with E-state index in [9.17, 15) is 9.59 Å². The molecule has 3 atom stereocenters. The number of nitrogens with one attached hydrogen (secondary N) is 1. The van der Waals surface area contributed by atoms with E-state index in [4.69, 9.17) is 45.3 Å². The number of nitrogen functional groups attached to an aromatic ring is 1. The summed E-state index contributed by atoms with van der Waals surface area (Å²) in [5.74, 6) is -0.345. The highest BCUT2D eigenvalue weighted by Crippen LogP contribution is 2.34. The summed E-state index contributed by atoms with van der Waals surface area (Å²) in [6.45, 7) is 3.85. The van der Waals surface area contributed by atoms with Crippen molar-refractivity contribution < 1.29 is 14.3 Å². The van der Waals surface area contributed by atoms with Gasteiger partial charge in [-0.25, -0.2) is 9.78 Å². The Labute approximate surface area is 161 Å². The number of hydrogen-bond donors (Lipinski definition) is 2. The van der Waals surface area contributed by atoms with Crippen LogP contribution in [0.5, 0.6) is 0 Å². The molecular weight excluding hydrogens is 389 g/mol. The predicted octanol–water partition coefficient (Wildman–Crippen LogP) is 3.72. The monoisotopic (exact) mass is 407 g/mol. The van der Waals surface area contributed by atoms with Crippen LogP contribution in [0.2, 0.25) is 15.2 Å². The molecule has 0 radical (unpaired) electrons. The molecule has 2 rings (SSSR count). The fraction of sp³-hybridized carbons (Fsp3) is 0.562. The normalized spacial score (nSPS) is 23.2.